The van der Waals surface area contributed by atoms with Crippen molar-refractivity contribution in [2.45, 2.75) is 0 Å². The molecule has 3 rings (SSSR count). The number of hydrogen-bond donors (Lipinski definition) is 1. The van der Waals surface area contributed by atoms with E-state index in [2.05, 4.69) is 5.10 Å². The molecule has 18 heavy (non-hydrogen) atoms. The number of oxazole rings is 1. The number of rotatable bonds is 1. The minimum atomic E-state index is -0.374. The van der Waals surface area contributed by atoms with Crippen molar-refractivity contribution in [3.05, 3.63) is 34.9 Å². The van der Waals surface area contributed by atoms with Crippen LogP contribution >= 0.6 is 0 Å². The zero-order valence-corrected chi connectivity index (χ0v) is 10.0. The second-order valence-electron chi connectivity index (χ2n) is 4.18. The molecule has 2 N–H and O–H groups in total. The summed E-state index contributed by atoms with van der Waals surface area (Å²) in [6, 6.07) is 5.49. The van der Waals surface area contributed by atoms with Gasteiger partial charge < -0.3 is 10.2 Å². The molecule has 0 atom stereocenters. The molecule has 0 aliphatic carbocycles. The number of nitrogens with two attached hydrogens (primary N) is 1. The molecule has 2 heterocycles. The highest BCUT2D eigenvalue weighted by molar-refractivity contribution is 5.83. The van der Waals surface area contributed by atoms with Crippen LogP contribution in [0.25, 0.3) is 22.2 Å². The summed E-state index contributed by atoms with van der Waals surface area (Å²) in [6.45, 7) is 0. The molecule has 0 saturated heterocycles. The lowest BCUT2D eigenvalue weighted by Gasteiger charge is -2.01. The van der Waals surface area contributed by atoms with E-state index >= 15 is 0 Å². The monoisotopic (exact) mass is 244 g/mol. The highest BCUT2D eigenvalue weighted by Gasteiger charge is 2.11. The van der Waals surface area contributed by atoms with Gasteiger partial charge in [-0.25, -0.2) is 4.79 Å². The first kappa shape index (κ1) is 10.6. The third-order valence-electron chi connectivity index (χ3n) is 3.09. The van der Waals surface area contributed by atoms with Crippen LogP contribution in [0.1, 0.15) is 0 Å². The van der Waals surface area contributed by atoms with Crippen molar-refractivity contribution >= 4 is 16.9 Å². The predicted octanol–water partition coefficient (Wildman–Crippen LogP) is 1.11. The van der Waals surface area contributed by atoms with Crippen LogP contribution in [0.3, 0.4) is 0 Å². The van der Waals surface area contributed by atoms with Gasteiger partial charge in [-0.2, -0.15) is 5.10 Å². The van der Waals surface area contributed by atoms with Gasteiger partial charge in [0.15, 0.2) is 5.58 Å². The number of benzene rings is 1. The first-order chi connectivity index (χ1) is 8.58. The van der Waals surface area contributed by atoms with E-state index in [9.17, 15) is 4.79 Å². The van der Waals surface area contributed by atoms with Crippen LogP contribution in [0.2, 0.25) is 0 Å². The fraction of sp³-hybridized carbons (Fsp3) is 0.167. The molecule has 1 aromatic carbocycles. The van der Waals surface area contributed by atoms with Crippen molar-refractivity contribution in [2.24, 2.45) is 14.1 Å². The van der Waals surface area contributed by atoms with Gasteiger partial charge in [-0.1, -0.05) is 6.07 Å². The van der Waals surface area contributed by atoms with Crippen LogP contribution in [0.15, 0.2) is 33.6 Å². The molecular formula is C12H12N4O2. The Labute approximate surface area is 102 Å². The van der Waals surface area contributed by atoms with Gasteiger partial charge >= 0.3 is 5.76 Å². The maximum Gasteiger partial charge on any atom is 0.419 e. The molecule has 3 aromatic rings. The van der Waals surface area contributed by atoms with E-state index in [-0.39, 0.29) is 5.76 Å². The van der Waals surface area contributed by atoms with Crippen molar-refractivity contribution < 1.29 is 4.42 Å². The summed E-state index contributed by atoms with van der Waals surface area (Å²) in [7, 11) is 3.45. The smallest absolute Gasteiger partial charge is 0.408 e. The Morgan fingerprint density at radius 1 is 1.33 bits per heavy atom. The summed E-state index contributed by atoms with van der Waals surface area (Å²) in [5.41, 5.74) is 8.98. The van der Waals surface area contributed by atoms with E-state index in [4.69, 9.17) is 10.2 Å². The molecule has 0 aliphatic rings. The Hall–Kier alpha value is -2.50. The molecule has 0 saturated carbocycles. The van der Waals surface area contributed by atoms with Crippen molar-refractivity contribution in [3.63, 3.8) is 0 Å². The molecule has 2 aromatic heterocycles. The molecule has 0 spiro atoms. The SMILES string of the molecule is Cn1ncc(-c2ccc3oc(=O)n(C)c3c2)c1N. The minimum absolute atomic E-state index is 0.374. The van der Waals surface area contributed by atoms with E-state index in [1.807, 2.05) is 12.1 Å². The maximum atomic E-state index is 11.4. The summed E-state index contributed by atoms with van der Waals surface area (Å²) >= 11 is 0. The number of nitrogen functional groups attached to an aromatic ring is 1. The summed E-state index contributed by atoms with van der Waals surface area (Å²) in [5.74, 6) is 0.212. The lowest BCUT2D eigenvalue weighted by atomic mass is 10.1. The van der Waals surface area contributed by atoms with Crippen LogP contribution in [0.4, 0.5) is 5.82 Å². The predicted molar refractivity (Wildman–Crippen MR) is 68.1 cm³/mol. The zero-order valence-electron chi connectivity index (χ0n) is 10.0. The van der Waals surface area contributed by atoms with Gasteiger partial charge in [0.1, 0.15) is 5.82 Å². The molecule has 6 nitrogen and oxygen atoms in total. The summed E-state index contributed by atoms with van der Waals surface area (Å²) < 4.78 is 8.15. The largest absolute Gasteiger partial charge is 0.419 e. The Balaban J connectivity index is 2.28. The third-order valence-corrected chi connectivity index (χ3v) is 3.09. The first-order valence-electron chi connectivity index (χ1n) is 5.45. The minimum Gasteiger partial charge on any atom is -0.408 e. The highest BCUT2D eigenvalue weighted by atomic mass is 16.4. The maximum absolute atomic E-state index is 11.4. The highest BCUT2D eigenvalue weighted by Crippen LogP contribution is 2.27. The van der Waals surface area contributed by atoms with E-state index < -0.39 is 0 Å². The molecule has 0 unspecified atom stereocenters. The summed E-state index contributed by atoms with van der Waals surface area (Å²) in [5, 5.41) is 4.10. The topological polar surface area (TPSA) is 79.0 Å². The van der Waals surface area contributed by atoms with Gasteiger partial charge in [0.2, 0.25) is 0 Å². The first-order valence-corrected chi connectivity index (χ1v) is 5.45. The quantitative estimate of drug-likeness (QED) is 0.695. The van der Waals surface area contributed by atoms with E-state index in [0.29, 0.717) is 11.4 Å². The molecular weight excluding hydrogens is 232 g/mol. The molecule has 0 fully saturated rings. The molecule has 0 amide bonds. The number of hydrogen-bond acceptors (Lipinski definition) is 4. The van der Waals surface area contributed by atoms with Crippen LogP contribution in [-0.4, -0.2) is 14.3 Å². The normalized spacial score (nSPS) is 11.2. The molecule has 0 radical (unpaired) electrons. The van der Waals surface area contributed by atoms with Gasteiger partial charge in [0.05, 0.1) is 11.7 Å². The van der Waals surface area contributed by atoms with Crippen LogP contribution < -0.4 is 11.5 Å². The van der Waals surface area contributed by atoms with Crippen molar-refractivity contribution in [2.75, 3.05) is 5.73 Å². The van der Waals surface area contributed by atoms with E-state index in [0.717, 1.165) is 16.6 Å². The number of aromatic nitrogens is 3. The summed E-state index contributed by atoms with van der Waals surface area (Å²) in [4.78, 5) is 11.4. The van der Waals surface area contributed by atoms with Crippen LogP contribution in [-0.2, 0) is 14.1 Å². The van der Waals surface area contributed by atoms with Gasteiger partial charge in [0.25, 0.3) is 0 Å². The number of nitrogens with zero attached hydrogens (tertiary/aromatic N) is 3. The van der Waals surface area contributed by atoms with Crippen molar-refractivity contribution in [1.29, 1.82) is 0 Å². The fourth-order valence-electron chi connectivity index (χ4n) is 1.96. The average molecular weight is 244 g/mol. The molecule has 92 valence electrons. The Morgan fingerprint density at radius 2 is 2.11 bits per heavy atom. The zero-order chi connectivity index (χ0) is 12.9. The van der Waals surface area contributed by atoms with Crippen molar-refractivity contribution in [3.8, 4) is 11.1 Å². The number of aryl methyl sites for hydroxylation is 2. The van der Waals surface area contributed by atoms with E-state index in [1.165, 1.54) is 4.57 Å². The fourth-order valence-corrected chi connectivity index (χ4v) is 1.96. The van der Waals surface area contributed by atoms with Crippen molar-refractivity contribution in [1.82, 2.24) is 14.3 Å². The van der Waals surface area contributed by atoms with E-state index in [1.54, 1.807) is 31.0 Å². The van der Waals surface area contributed by atoms with Crippen LogP contribution in [0.5, 0.6) is 0 Å². The second-order valence-corrected chi connectivity index (χ2v) is 4.18. The molecule has 0 aliphatic heterocycles. The van der Waals surface area contributed by atoms with Gasteiger partial charge in [0, 0.05) is 19.7 Å². The molecule has 6 heteroatoms. The standard InChI is InChI=1S/C12H12N4O2/c1-15-9-5-7(3-4-10(9)18-12(15)17)8-6-14-16(2)11(8)13/h3-6H,13H2,1-2H3. The summed E-state index contributed by atoms with van der Waals surface area (Å²) in [6.07, 6.45) is 1.70. The second kappa shape index (κ2) is 3.49. The lowest BCUT2D eigenvalue weighted by molar-refractivity contribution is 0.528. The Kier molecular flexibility index (Phi) is 2.07. The van der Waals surface area contributed by atoms with Crippen LogP contribution in [0, 0.1) is 0 Å². The average Bonchev–Trinajstić information content (AvgIpc) is 2.83. The Bertz CT molecular complexity index is 794. The number of fused-ring (bicyclic) bond motifs is 1. The Morgan fingerprint density at radius 3 is 2.78 bits per heavy atom. The molecule has 0 bridgehead atoms. The lowest BCUT2D eigenvalue weighted by Crippen LogP contribution is -2.08. The number of anilines is 1. The third kappa shape index (κ3) is 1.35. The van der Waals surface area contributed by atoms with Gasteiger partial charge in [-0.15, -0.1) is 0 Å². The van der Waals surface area contributed by atoms with Gasteiger partial charge in [-0.05, 0) is 17.7 Å². The van der Waals surface area contributed by atoms with Gasteiger partial charge in [-0.3, -0.25) is 9.25 Å².